The van der Waals surface area contributed by atoms with Crippen LogP contribution in [0.25, 0.3) is 0 Å². The fourth-order valence-electron chi connectivity index (χ4n) is 2.42. The summed E-state index contributed by atoms with van der Waals surface area (Å²) in [5.74, 6) is 1.33. The van der Waals surface area contributed by atoms with E-state index in [0.29, 0.717) is 11.5 Å². The Morgan fingerprint density at radius 1 is 1.00 bits per heavy atom. The molecule has 0 radical (unpaired) electrons. The maximum atomic E-state index is 11.4. The average molecular weight is 305 g/mol. The summed E-state index contributed by atoms with van der Waals surface area (Å²) in [5, 5.41) is 0. The lowest BCUT2D eigenvalue weighted by Gasteiger charge is -2.35. The molecule has 1 heterocycles. The summed E-state index contributed by atoms with van der Waals surface area (Å²) in [7, 11) is -3.56. The smallest absolute Gasteiger partial charge is 0.266 e. The summed E-state index contributed by atoms with van der Waals surface area (Å²) < 4.78 is 33.8. The van der Waals surface area contributed by atoms with Gasteiger partial charge in [0.05, 0.1) is 17.6 Å². The van der Waals surface area contributed by atoms with Gasteiger partial charge in [0.25, 0.3) is 10.1 Å². The molecule has 1 aliphatic heterocycles. The molecular weight excluding hydrogens is 290 g/mol. The molecule has 1 atom stereocenters. The molecule has 21 heavy (non-hydrogen) atoms. The van der Waals surface area contributed by atoms with Crippen LogP contribution >= 0.6 is 0 Å². The Bertz CT molecular complexity index is 727. The van der Waals surface area contributed by atoms with Crippen molar-refractivity contribution in [1.82, 2.24) is 0 Å². The van der Waals surface area contributed by atoms with Gasteiger partial charge in [-0.05, 0) is 31.2 Å². The topological polar surface area (TPSA) is 55.8 Å². The van der Waals surface area contributed by atoms with Crippen LogP contribution in [0, 0.1) is 0 Å². The lowest BCUT2D eigenvalue weighted by molar-refractivity contribution is 0.234. The quantitative estimate of drug-likeness (QED) is 0.815. The summed E-state index contributed by atoms with van der Waals surface area (Å²) in [5.41, 5.74) is 1.54. The number of nitrogens with zero attached hydrogens (tertiary/aromatic N) is 1. The van der Waals surface area contributed by atoms with E-state index in [2.05, 4.69) is 0 Å². The van der Waals surface area contributed by atoms with Crippen LogP contribution in [-0.4, -0.2) is 20.9 Å². The number of hydrogen-bond acceptors (Lipinski definition) is 5. The van der Waals surface area contributed by atoms with Crippen LogP contribution in [0.15, 0.2) is 48.5 Å². The number of benzene rings is 2. The zero-order chi connectivity index (χ0) is 15.0. The second-order valence-corrected chi connectivity index (χ2v) is 6.41. The summed E-state index contributed by atoms with van der Waals surface area (Å²) >= 11 is 0. The first-order chi connectivity index (χ1) is 9.96. The minimum Gasteiger partial charge on any atom is -0.453 e. The van der Waals surface area contributed by atoms with Crippen molar-refractivity contribution in [2.75, 3.05) is 11.2 Å². The molecule has 0 amide bonds. The lowest BCUT2D eigenvalue weighted by atomic mass is 10.1. The molecule has 0 aromatic heterocycles. The Hall–Kier alpha value is -2.05. The Morgan fingerprint density at radius 3 is 1.95 bits per heavy atom. The molecule has 0 saturated carbocycles. The van der Waals surface area contributed by atoms with E-state index in [0.717, 1.165) is 17.6 Å². The second-order valence-electron chi connectivity index (χ2n) is 4.81. The van der Waals surface area contributed by atoms with Crippen molar-refractivity contribution in [2.45, 2.75) is 13.2 Å². The predicted molar refractivity (Wildman–Crippen MR) is 80.5 cm³/mol. The first-order valence-electron chi connectivity index (χ1n) is 6.49. The van der Waals surface area contributed by atoms with E-state index >= 15 is 0 Å². The molecule has 0 aliphatic carbocycles. The fraction of sp³-hybridized carbons (Fsp3) is 0.200. The van der Waals surface area contributed by atoms with E-state index in [-0.39, 0.29) is 0 Å². The van der Waals surface area contributed by atoms with Crippen molar-refractivity contribution in [2.24, 2.45) is 0 Å². The van der Waals surface area contributed by atoms with Gasteiger partial charge in [0.15, 0.2) is 17.7 Å². The van der Waals surface area contributed by atoms with Gasteiger partial charge in [-0.2, -0.15) is 8.42 Å². The molecule has 6 heteroatoms. The van der Waals surface area contributed by atoms with Gasteiger partial charge in [-0.25, -0.2) is 4.18 Å². The van der Waals surface area contributed by atoms with E-state index in [1.165, 1.54) is 0 Å². The minimum absolute atomic E-state index is 0.667. The molecule has 0 saturated heterocycles. The molecule has 1 unspecified atom stereocenters. The van der Waals surface area contributed by atoms with Crippen LogP contribution in [0.5, 0.6) is 11.5 Å². The van der Waals surface area contributed by atoms with Crippen molar-refractivity contribution in [3.8, 4) is 11.5 Å². The Morgan fingerprint density at radius 2 is 1.48 bits per heavy atom. The molecule has 0 bridgehead atoms. The average Bonchev–Trinajstić information content (AvgIpc) is 2.42. The zero-order valence-corrected chi connectivity index (χ0v) is 12.5. The van der Waals surface area contributed by atoms with Gasteiger partial charge >= 0.3 is 0 Å². The third kappa shape index (κ3) is 2.72. The molecule has 0 spiro atoms. The van der Waals surface area contributed by atoms with Gasteiger partial charge in [-0.15, -0.1) is 0 Å². The third-order valence-corrected chi connectivity index (χ3v) is 3.78. The van der Waals surface area contributed by atoms with Gasteiger partial charge in [0.2, 0.25) is 0 Å². The zero-order valence-electron chi connectivity index (χ0n) is 11.7. The fourth-order valence-corrected chi connectivity index (χ4v) is 3.01. The largest absolute Gasteiger partial charge is 0.453 e. The molecule has 2 aromatic carbocycles. The molecule has 1 aliphatic rings. The van der Waals surface area contributed by atoms with Gasteiger partial charge in [-0.1, -0.05) is 24.3 Å². The summed E-state index contributed by atoms with van der Waals surface area (Å²) in [4.78, 5) is 1.81. The number of hydrogen-bond donors (Lipinski definition) is 0. The molecule has 110 valence electrons. The van der Waals surface area contributed by atoms with Gasteiger partial charge < -0.3 is 9.64 Å². The highest BCUT2D eigenvalue weighted by molar-refractivity contribution is 7.86. The van der Waals surface area contributed by atoms with Crippen LogP contribution in [0.2, 0.25) is 0 Å². The normalized spacial score (nSPS) is 14.9. The van der Waals surface area contributed by atoms with Gasteiger partial charge in [0.1, 0.15) is 0 Å². The molecule has 5 nitrogen and oxygen atoms in total. The summed E-state index contributed by atoms with van der Waals surface area (Å²) in [6.45, 7) is 1.69. The standard InChI is InChI=1S/C15H15NO4S/c1-11(20-21(2,17)18)16-12-7-3-5-9-14(12)19-15-10-6-4-8-13(15)16/h3-11H,1-2H3. The van der Waals surface area contributed by atoms with E-state index < -0.39 is 16.3 Å². The highest BCUT2D eigenvalue weighted by Crippen LogP contribution is 2.47. The summed E-state index contributed by atoms with van der Waals surface area (Å²) in [6.07, 6.45) is 0.369. The molecule has 2 aromatic rings. The number of ether oxygens (including phenoxy) is 1. The van der Waals surface area contributed by atoms with Crippen molar-refractivity contribution in [1.29, 1.82) is 0 Å². The number of fused-ring (bicyclic) bond motifs is 2. The van der Waals surface area contributed by atoms with Crippen molar-refractivity contribution >= 4 is 21.5 Å². The van der Waals surface area contributed by atoms with E-state index in [1.807, 2.05) is 53.4 Å². The van der Waals surface area contributed by atoms with Crippen LogP contribution in [-0.2, 0) is 14.3 Å². The van der Waals surface area contributed by atoms with Crippen LogP contribution in [0.1, 0.15) is 6.92 Å². The molecule has 0 fully saturated rings. The molecule has 3 rings (SSSR count). The number of para-hydroxylation sites is 4. The minimum atomic E-state index is -3.56. The van der Waals surface area contributed by atoms with Crippen LogP contribution in [0.4, 0.5) is 11.4 Å². The highest BCUT2D eigenvalue weighted by atomic mass is 32.2. The Balaban J connectivity index is 2.10. The first kappa shape index (κ1) is 13.9. The van der Waals surface area contributed by atoms with Crippen molar-refractivity contribution in [3.05, 3.63) is 48.5 Å². The Labute approximate surface area is 123 Å². The molecule has 0 N–H and O–H groups in total. The van der Waals surface area contributed by atoms with Crippen LogP contribution in [0.3, 0.4) is 0 Å². The predicted octanol–water partition coefficient (Wildman–Crippen LogP) is 3.25. The number of rotatable bonds is 3. The molecular formula is C15H15NO4S. The third-order valence-electron chi connectivity index (χ3n) is 3.15. The van der Waals surface area contributed by atoms with E-state index in [4.69, 9.17) is 8.92 Å². The number of anilines is 2. The van der Waals surface area contributed by atoms with E-state index in [9.17, 15) is 8.42 Å². The second kappa shape index (κ2) is 5.05. The highest BCUT2D eigenvalue weighted by Gasteiger charge is 2.29. The monoisotopic (exact) mass is 305 g/mol. The summed E-state index contributed by atoms with van der Waals surface area (Å²) in [6, 6.07) is 14.9. The van der Waals surface area contributed by atoms with Gasteiger partial charge in [-0.3, -0.25) is 0 Å². The first-order valence-corrected chi connectivity index (χ1v) is 8.31. The SMILES string of the molecule is CC(OS(C)(=O)=O)N1c2ccccc2Oc2ccccc21. The van der Waals surface area contributed by atoms with Crippen LogP contribution < -0.4 is 9.64 Å². The lowest BCUT2D eigenvalue weighted by Crippen LogP contribution is -2.34. The van der Waals surface area contributed by atoms with E-state index in [1.54, 1.807) is 6.92 Å². The Kier molecular flexibility index (Phi) is 3.35. The van der Waals surface area contributed by atoms with Crippen molar-refractivity contribution < 1.29 is 17.3 Å². The maximum Gasteiger partial charge on any atom is 0.266 e. The van der Waals surface area contributed by atoms with Gasteiger partial charge in [0, 0.05) is 0 Å². The maximum absolute atomic E-state index is 11.4. The van der Waals surface area contributed by atoms with Crippen molar-refractivity contribution in [3.63, 3.8) is 0 Å².